The van der Waals surface area contributed by atoms with Gasteiger partial charge in [0.1, 0.15) is 0 Å². The molecule has 2 aromatic rings. The second-order valence-corrected chi connectivity index (χ2v) is 5.92. The van der Waals surface area contributed by atoms with E-state index in [4.69, 9.17) is 5.73 Å². The molecule has 0 bridgehead atoms. The molecule has 21 heavy (non-hydrogen) atoms. The molecule has 1 unspecified atom stereocenters. The molecule has 5 N–H and O–H groups in total. The second kappa shape index (κ2) is 5.75. The van der Waals surface area contributed by atoms with Gasteiger partial charge in [-0.3, -0.25) is 4.79 Å². The number of likely N-dealkylation sites (N-methyl/N-ethyl adjacent to an activating group) is 1. The highest BCUT2D eigenvalue weighted by Crippen LogP contribution is 2.20. The minimum atomic E-state index is -0.976. The second-order valence-electron chi connectivity index (χ2n) is 5.92. The molecule has 2 rings (SSSR count). The van der Waals surface area contributed by atoms with Crippen molar-refractivity contribution in [3.8, 4) is 0 Å². The quantitative estimate of drug-likeness (QED) is 0.612. The van der Waals surface area contributed by atoms with Crippen LogP contribution in [0.5, 0.6) is 0 Å². The normalized spacial score (nSPS) is 14.3. The minimum Gasteiger partial charge on any atom is -0.399 e. The van der Waals surface area contributed by atoms with Gasteiger partial charge in [-0.05, 0) is 39.2 Å². The van der Waals surface area contributed by atoms with Crippen LogP contribution in [0, 0.1) is 0 Å². The number of aliphatic hydroxyl groups is 1. The number of H-pyrrole nitrogens is 1. The molecule has 0 aliphatic heterocycles. The van der Waals surface area contributed by atoms with E-state index >= 15 is 0 Å². The molecular weight excluding hydrogens is 268 g/mol. The number of aromatic nitrogens is 1. The Labute approximate surface area is 123 Å². The van der Waals surface area contributed by atoms with Crippen molar-refractivity contribution in [2.24, 2.45) is 0 Å². The maximum Gasteiger partial charge on any atom is 0.253 e. The molecule has 0 saturated carbocycles. The van der Waals surface area contributed by atoms with Gasteiger partial charge >= 0.3 is 0 Å². The predicted molar refractivity (Wildman–Crippen MR) is 84.2 cm³/mol. The molecule has 0 radical (unpaired) electrons. The molecule has 114 valence electrons. The lowest BCUT2D eigenvalue weighted by atomic mass is 10.1. The Hall–Kier alpha value is -2.05. The van der Waals surface area contributed by atoms with Crippen LogP contribution in [0.3, 0.4) is 0 Å². The molecule has 6 nitrogen and oxygen atoms in total. The third kappa shape index (κ3) is 3.74. The van der Waals surface area contributed by atoms with Crippen LogP contribution in [0.4, 0.5) is 5.69 Å². The summed E-state index contributed by atoms with van der Waals surface area (Å²) in [6, 6.07) is 5.36. The SMILES string of the molecule is CN(C)CC(C)(O)CNC(=O)c1c[nH]c2cc(N)ccc12. The van der Waals surface area contributed by atoms with Crippen LogP contribution in [0.1, 0.15) is 17.3 Å². The first-order chi connectivity index (χ1) is 9.78. The lowest BCUT2D eigenvalue weighted by Gasteiger charge is -2.27. The molecule has 0 fully saturated rings. The van der Waals surface area contributed by atoms with Crippen molar-refractivity contribution in [3.05, 3.63) is 30.0 Å². The van der Waals surface area contributed by atoms with Crippen LogP contribution in [0.15, 0.2) is 24.4 Å². The number of anilines is 1. The molecule has 0 spiro atoms. The Morgan fingerprint density at radius 1 is 1.48 bits per heavy atom. The molecular formula is C15H22N4O2. The average molecular weight is 290 g/mol. The molecule has 0 saturated heterocycles. The summed E-state index contributed by atoms with van der Waals surface area (Å²) >= 11 is 0. The molecule has 1 atom stereocenters. The van der Waals surface area contributed by atoms with Gasteiger partial charge in [-0.15, -0.1) is 0 Å². The molecule has 0 aliphatic rings. The first-order valence-electron chi connectivity index (χ1n) is 6.80. The fraction of sp³-hybridized carbons (Fsp3) is 0.400. The number of nitrogens with one attached hydrogen (secondary N) is 2. The monoisotopic (exact) mass is 290 g/mol. The highest BCUT2D eigenvalue weighted by atomic mass is 16.3. The third-order valence-electron chi connectivity index (χ3n) is 3.24. The smallest absolute Gasteiger partial charge is 0.253 e. The summed E-state index contributed by atoms with van der Waals surface area (Å²) in [5, 5.41) is 13.8. The summed E-state index contributed by atoms with van der Waals surface area (Å²) in [4.78, 5) is 17.2. The van der Waals surface area contributed by atoms with E-state index in [2.05, 4.69) is 10.3 Å². The molecule has 0 aliphatic carbocycles. The number of hydrogen-bond donors (Lipinski definition) is 4. The van der Waals surface area contributed by atoms with Crippen LogP contribution >= 0.6 is 0 Å². The highest BCUT2D eigenvalue weighted by Gasteiger charge is 2.23. The summed E-state index contributed by atoms with van der Waals surface area (Å²) in [5.74, 6) is -0.218. The van der Waals surface area contributed by atoms with Crippen molar-refractivity contribution in [1.82, 2.24) is 15.2 Å². The minimum absolute atomic E-state index is 0.186. The fourth-order valence-electron chi connectivity index (χ4n) is 2.43. The number of rotatable bonds is 5. The van der Waals surface area contributed by atoms with Crippen LogP contribution < -0.4 is 11.1 Å². The molecule has 1 heterocycles. The standard InChI is InChI=1S/C15H22N4O2/c1-15(21,9-19(2)3)8-18-14(20)12-7-17-13-6-10(16)4-5-11(12)13/h4-7,17,21H,8-9,16H2,1-3H3,(H,18,20). The van der Waals surface area contributed by atoms with Gasteiger partial charge in [0.2, 0.25) is 0 Å². The van der Waals surface area contributed by atoms with Crippen molar-refractivity contribution in [1.29, 1.82) is 0 Å². The lowest BCUT2D eigenvalue weighted by molar-refractivity contribution is 0.0326. The number of aromatic amines is 1. The van der Waals surface area contributed by atoms with E-state index in [1.54, 1.807) is 25.3 Å². The van der Waals surface area contributed by atoms with E-state index in [0.717, 1.165) is 10.9 Å². The number of hydrogen-bond acceptors (Lipinski definition) is 4. The number of carbonyl (C=O) groups is 1. The molecule has 1 aromatic heterocycles. The molecule has 1 amide bonds. The first-order valence-corrected chi connectivity index (χ1v) is 6.80. The van der Waals surface area contributed by atoms with Crippen molar-refractivity contribution in [3.63, 3.8) is 0 Å². The Morgan fingerprint density at radius 3 is 2.86 bits per heavy atom. The molecule has 1 aromatic carbocycles. The Balaban J connectivity index is 2.09. The number of carbonyl (C=O) groups excluding carboxylic acids is 1. The van der Waals surface area contributed by atoms with Crippen molar-refractivity contribution in [2.75, 3.05) is 32.9 Å². The van der Waals surface area contributed by atoms with Gasteiger partial charge in [0, 0.05) is 35.9 Å². The number of fused-ring (bicyclic) bond motifs is 1. The topological polar surface area (TPSA) is 94.4 Å². The number of amides is 1. The summed E-state index contributed by atoms with van der Waals surface area (Å²) in [7, 11) is 3.75. The maximum absolute atomic E-state index is 12.3. The zero-order valence-corrected chi connectivity index (χ0v) is 12.6. The molecule has 6 heteroatoms. The van der Waals surface area contributed by atoms with Gasteiger partial charge in [-0.1, -0.05) is 0 Å². The van der Waals surface area contributed by atoms with Gasteiger partial charge in [0.05, 0.1) is 11.2 Å². The van der Waals surface area contributed by atoms with E-state index in [9.17, 15) is 9.90 Å². The predicted octanol–water partition coefficient (Wildman–Crippen LogP) is 0.792. The Bertz CT molecular complexity index is 646. The number of nitrogens with two attached hydrogens (primary N) is 1. The van der Waals surface area contributed by atoms with E-state index in [1.165, 1.54) is 0 Å². The first kappa shape index (κ1) is 15.3. The van der Waals surface area contributed by atoms with Crippen molar-refractivity contribution >= 4 is 22.5 Å². The summed E-state index contributed by atoms with van der Waals surface area (Å²) in [6.07, 6.45) is 1.65. The zero-order chi connectivity index (χ0) is 15.6. The number of nitrogens with zero attached hydrogens (tertiary/aromatic N) is 1. The maximum atomic E-state index is 12.3. The van der Waals surface area contributed by atoms with E-state index in [0.29, 0.717) is 17.8 Å². The number of benzene rings is 1. The van der Waals surface area contributed by atoms with Crippen LogP contribution in [0.2, 0.25) is 0 Å². The number of nitrogen functional groups attached to an aromatic ring is 1. The Kier molecular flexibility index (Phi) is 4.20. The van der Waals surface area contributed by atoms with Crippen LogP contribution in [-0.2, 0) is 0 Å². The van der Waals surface area contributed by atoms with Gasteiger partial charge in [-0.25, -0.2) is 0 Å². The van der Waals surface area contributed by atoms with Gasteiger partial charge in [0.15, 0.2) is 0 Å². The average Bonchev–Trinajstić information content (AvgIpc) is 2.77. The van der Waals surface area contributed by atoms with Crippen LogP contribution in [-0.4, -0.2) is 53.7 Å². The largest absolute Gasteiger partial charge is 0.399 e. The van der Waals surface area contributed by atoms with Crippen LogP contribution in [0.25, 0.3) is 10.9 Å². The van der Waals surface area contributed by atoms with Crippen molar-refractivity contribution < 1.29 is 9.90 Å². The van der Waals surface area contributed by atoms with E-state index in [-0.39, 0.29) is 12.5 Å². The van der Waals surface area contributed by atoms with Gasteiger partial charge in [-0.2, -0.15) is 0 Å². The summed E-state index contributed by atoms with van der Waals surface area (Å²) in [6.45, 7) is 2.35. The third-order valence-corrected chi connectivity index (χ3v) is 3.24. The van der Waals surface area contributed by atoms with E-state index < -0.39 is 5.60 Å². The van der Waals surface area contributed by atoms with Gasteiger partial charge < -0.3 is 26.0 Å². The summed E-state index contributed by atoms with van der Waals surface area (Å²) in [5.41, 5.74) is 6.75. The van der Waals surface area contributed by atoms with E-state index in [1.807, 2.05) is 25.1 Å². The highest BCUT2D eigenvalue weighted by molar-refractivity contribution is 6.07. The fourth-order valence-corrected chi connectivity index (χ4v) is 2.43. The van der Waals surface area contributed by atoms with Gasteiger partial charge in [0.25, 0.3) is 5.91 Å². The zero-order valence-electron chi connectivity index (χ0n) is 12.6. The summed E-state index contributed by atoms with van der Waals surface area (Å²) < 4.78 is 0. The lowest BCUT2D eigenvalue weighted by Crippen LogP contribution is -2.47. The Morgan fingerprint density at radius 2 is 2.19 bits per heavy atom. The van der Waals surface area contributed by atoms with Crippen molar-refractivity contribution in [2.45, 2.75) is 12.5 Å².